The van der Waals surface area contributed by atoms with Gasteiger partial charge in [0.05, 0.1) is 13.7 Å². The van der Waals surface area contributed by atoms with Crippen molar-refractivity contribution in [1.29, 1.82) is 0 Å². The molecule has 2 aromatic carbocycles. The highest BCUT2D eigenvalue weighted by Gasteiger charge is 2.21. The third-order valence-electron chi connectivity index (χ3n) is 4.87. The number of nitrogens with zero attached hydrogens (tertiary/aromatic N) is 2. The van der Waals surface area contributed by atoms with Crippen LogP contribution < -0.4 is 4.74 Å². The number of carbonyl (C=O) groups excluding carboxylic acids is 1. The Morgan fingerprint density at radius 2 is 1.85 bits per heavy atom. The lowest BCUT2D eigenvalue weighted by Gasteiger charge is -2.30. The molecule has 0 aromatic heterocycles. The summed E-state index contributed by atoms with van der Waals surface area (Å²) in [4.78, 5) is 16.7. The van der Waals surface area contributed by atoms with E-state index in [0.29, 0.717) is 19.6 Å². The van der Waals surface area contributed by atoms with Gasteiger partial charge in [-0.25, -0.2) is 4.39 Å². The molecule has 0 aliphatic heterocycles. The van der Waals surface area contributed by atoms with Crippen LogP contribution in [0, 0.1) is 5.82 Å². The number of hydrogen-bond acceptors (Lipinski definition) is 3. The maximum absolute atomic E-state index is 13.4. The van der Waals surface area contributed by atoms with Crippen LogP contribution in [-0.2, 0) is 11.3 Å². The number of amides is 1. The molecule has 0 heterocycles. The van der Waals surface area contributed by atoms with Crippen LogP contribution in [0.25, 0.3) is 0 Å². The predicted octanol–water partition coefficient (Wildman–Crippen LogP) is 4.27. The maximum atomic E-state index is 13.4. The summed E-state index contributed by atoms with van der Waals surface area (Å²) in [6, 6.07) is 14.4. The molecule has 0 radical (unpaired) electrons. The molecule has 1 unspecified atom stereocenters. The monoisotopic (exact) mass is 372 g/mol. The summed E-state index contributed by atoms with van der Waals surface area (Å²) in [5, 5.41) is 0. The van der Waals surface area contributed by atoms with E-state index in [1.54, 1.807) is 18.1 Å². The highest BCUT2D eigenvalue weighted by atomic mass is 19.1. The van der Waals surface area contributed by atoms with Crippen molar-refractivity contribution in [2.45, 2.75) is 33.4 Å². The van der Waals surface area contributed by atoms with Gasteiger partial charge in [-0.15, -0.1) is 0 Å². The van der Waals surface area contributed by atoms with Gasteiger partial charge >= 0.3 is 0 Å². The number of carbonyl (C=O) groups is 1. The quantitative estimate of drug-likeness (QED) is 0.659. The number of rotatable bonds is 9. The van der Waals surface area contributed by atoms with Crippen molar-refractivity contribution in [1.82, 2.24) is 9.80 Å². The molecule has 0 aliphatic carbocycles. The number of ether oxygens (including phenoxy) is 1. The number of hydrogen-bond donors (Lipinski definition) is 0. The Kier molecular flexibility index (Phi) is 7.80. The first-order valence-electron chi connectivity index (χ1n) is 9.38. The van der Waals surface area contributed by atoms with Crippen molar-refractivity contribution in [3.63, 3.8) is 0 Å². The lowest BCUT2D eigenvalue weighted by atomic mass is 10.1. The van der Waals surface area contributed by atoms with Crippen molar-refractivity contribution in [3.05, 3.63) is 65.5 Å². The molecule has 0 bridgehead atoms. The van der Waals surface area contributed by atoms with Crippen molar-refractivity contribution in [3.8, 4) is 5.75 Å². The summed E-state index contributed by atoms with van der Waals surface area (Å²) in [6.07, 6.45) is 0. The molecule has 0 saturated carbocycles. The summed E-state index contributed by atoms with van der Waals surface area (Å²) in [7, 11) is 1.65. The third kappa shape index (κ3) is 5.79. The van der Waals surface area contributed by atoms with Gasteiger partial charge in [0.25, 0.3) is 0 Å². The zero-order chi connectivity index (χ0) is 19.8. The van der Waals surface area contributed by atoms with Gasteiger partial charge in [-0.3, -0.25) is 9.69 Å². The average molecular weight is 372 g/mol. The van der Waals surface area contributed by atoms with Crippen LogP contribution in [-0.4, -0.2) is 42.5 Å². The molecule has 0 saturated heterocycles. The van der Waals surface area contributed by atoms with Crippen LogP contribution in [0.3, 0.4) is 0 Å². The highest BCUT2D eigenvalue weighted by molar-refractivity contribution is 5.78. The first-order valence-corrected chi connectivity index (χ1v) is 9.38. The van der Waals surface area contributed by atoms with E-state index in [1.165, 1.54) is 12.1 Å². The molecule has 4 nitrogen and oxygen atoms in total. The Morgan fingerprint density at radius 3 is 2.48 bits per heavy atom. The van der Waals surface area contributed by atoms with Crippen molar-refractivity contribution < 1.29 is 13.9 Å². The van der Waals surface area contributed by atoms with E-state index < -0.39 is 0 Å². The number of halogens is 1. The Bertz CT molecular complexity index is 751. The van der Waals surface area contributed by atoms with Crippen molar-refractivity contribution in [2.75, 3.05) is 26.7 Å². The minimum atomic E-state index is -0.280. The minimum absolute atomic E-state index is 0.0401. The van der Waals surface area contributed by atoms with E-state index in [-0.39, 0.29) is 17.8 Å². The molecule has 27 heavy (non-hydrogen) atoms. The lowest BCUT2D eigenvalue weighted by Crippen LogP contribution is -2.41. The minimum Gasteiger partial charge on any atom is -0.497 e. The fraction of sp³-hybridized carbons (Fsp3) is 0.409. The van der Waals surface area contributed by atoms with Crippen LogP contribution in [0.1, 0.15) is 37.9 Å². The van der Waals surface area contributed by atoms with Gasteiger partial charge in [0.2, 0.25) is 5.91 Å². The third-order valence-corrected chi connectivity index (χ3v) is 4.87. The normalized spacial score (nSPS) is 12.1. The largest absolute Gasteiger partial charge is 0.497 e. The van der Waals surface area contributed by atoms with E-state index in [1.807, 2.05) is 44.2 Å². The molecule has 1 atom stereocenters. The van der Waals surface area contributed by atoms with E-state index in [2.05, 4.69) is 11.8 Å². The van der Waals surface area contributed by atoms with E-state index >= 15 is 0 Å². The zero-order valence-corrected chi connectivity index (χ0v) is 16.6. The standard InChI is InChI=1S/C22H29FN2O2/c1-5-24(17(3)19-10-8-12-21(14-19)27-4)16-22(26)25(6-2)15-18-9-7-11-20(23)13-18/h7-14,17H,5-6,15-16H2,1-4H3. The molecule has 0 fully saturated rings. The van der Waals surface area contributed by atoms with Gasteiger partial charge < -0.3 is 9.64 Å². The second-order valence-electron chi connectivity index (χ2n) is 6.55. The molecule has 5 heteroatoms. The molecule has 0 spiro atoms. The zero-order valence-electron chi connectivity index (χ0n) is 16.6. The molecule has 146 valence electrons. The molecule has 2 rings (SSSR count). The Balaban J connectivity index is 2.07. The highest BCUT2D eigenvalue weighted by Crippen LogP contribution is 2.24. The molecular formula is C22H29FN2O2. The van der Waals surface area contributed by atoms with Gasteiger partial charge in [-0.05, 0) is 55.8 Å². The molecule has 2 aromatic rings. The lowest BCUT2D eigenvalue weighted by molar-refractivity contribution is -0.133. The maximum Gasteiger partial charge on any atom is 0.237 e. The summed E-state index contributed by atoms with van der Waals surface area (Å²) in [6.45, 7) is 8.15. The van der Waals surface area contributed by atoms with Crippen molar-refractivity contribution >= 4 is 5.91 Å². The van der Waals surface area contributed by atoms with Crippen molar-refractivity contribution in [2.24, 2.45) is 0 Å². The smallest absolute Gasteiger partial charge is 0.237 e. The topological polar surface area (TPSA) is 32.8 Å². The predicted molar refractivity (Wildman–Crippen MR) is 106 cm³/mol. The molecule has 0 N–H and O–H groups in total. The van der Waals surface area contributed by atoms with Gasteiger partial charge in [0.15, 0.2) is 0 Å². The molecule has 0 aliphatic rings. The SMILES string of the molecule is CCN(Cc1cccc(F)c1)C(=O)CN(CC)C(C)c1cccc(OC)c1. The first kappa shape index (κ1) is 20.9. The van der Waals surface area contributed by atoms with Gasteiger partial charge in [-0.1, -0.05) is 31.2 Å². The van der Waals surface area contributed by atoms with Crippen LogP contribution in [0.4, 0.5) is 4.39 Å². The summed E-state index contributed by atoms with van der Waals surface area (Å²) >= 11 is 0. The molecule has 1 amide bonds. The first-order chi connectivity index (χ1) is 13.0. The fourth-order valence-corrected chi connectivity index (χ4v) is 3.14. The van der Waals surface area contributed by atoms with Gasteiger partial charge in [0, 0.05) is 19.1 Å². The number of benzene rings is 2. The van der Waals surface area contributed by atoms with E-state index in [9.17, 15) is 9.18 Å². The van der Waals surface area contributed by atoms with Gasteiger partial charge in [-0.2, -0.15) is 0 Å². The Labute approximate surface area is 161 Å². The summed E-state index contributed by atoms with van der Waals surface area (Å²) < 4.78 is 18.7. The van der Waals surface area contributed by atoms with Crippen LogP contribution in [0.2, 0.25) is 0 Å². The number of likely N-dealkylation sites (N-methyl/N-ethyl adjacent to an activating group) is 2. The van der Waals surface area contributed by atoms with Crippen LogP contribution in [0.15, 0.2) is 48.5 Å². The molecular weight excluding hydrogens is 343 g/mol. The Hall–Kier alpha value is -2.40. The average Bonchev–Trinajstić information content (AvgIpc) is 2.69. The second kappa shape index (κ2) is 10.1. The van der Waals surface area contributed by atoms with Crippen LogP contribution >= 0.6 is 0 Å². The van der Waals surface area contributed by atoms with Crippen LogP contribution in [0.5, 0.6) is 5.75 Å². The van der Waals surface area contributed by atoms with E-state index in [4.69, 9.17) is 4.74 Å². The fourth-order valence-electron chi connectivity index (χ4n) is 3.14. The second-order valence-corrected chi connectivity index (χ2v) is 6.55. The number of methoxy groups -OCH3 is 1. The summed E-state index contributed by atoms with van der Waals surface area (Å²) in [5.41, 5.74) is 1.91. The van der Waals surface area contributed by atoms with Gasteiger partial charge in [0.1, 0.15) is 11.6 Å². The summed E-state index contributed by atoms with van der Waals surface area (Å²) in [5.74, 6) is 0.569. The van der Waals surface area contributed by atoms with E-state index in [0.717, 1.165) is 23.4 Å². The Morgan fingerprint density at radius 1 is 1.11 bits per heavy atom.